The third-order valence-corrected chi connectivity index (χ3v) is 4.16. The fourth-order valence-electron chi connectivity index (χ4n) is 1.69. The highest BCUT2D eigenvalue weighted by Gasteiger charge is 2.12. The maximum Gasteiger partial charge on any atom is 0.0407 e. The van der Waals surface area contributed by atoms with E-state index in [0.29, 0.717) is 6.04 Å². The molecule has 0 amide bonds. The van der Waals surface area contributed by atoms with Crippen molar-refractivity contribution in [3.05, 3.63) is 29.8 Å². The standard InChI is InChI=1S/C13H20BrNS/c1-11(8-9-16-3)15(2)13-7-5-4-6-12(13)10-14/h4-7,11H,8-10H2,1-3H3. The summed E-state index contributed by atoms with van der Waals surface area (Å²) in [4.78, 5) is 2.38. The zero-order valence-corrected chi connectivity index (χ0v) is 12.6. The molecule has 3 heteroatoms. The molecule has 0 saturated heterocycles. The van der Waals surface area contributed by atoms with Crippen molar-refractivity contribution < 1.29 is 0 Å². The number of para-hydroxylation sites is 1. The van der Waals surface area contributed by atoms with Crippen LogP contribution in [0.15, 0.2) is 24.3 Å². The van der Waals surface area contributed by atoms with Crippen molar-refractivity contribution in [3.63, 3.8) is 0 Å². The number of thioether (sulfide) groups is 1. The number of alkyl halides is 1. The minimum Gasteiger partial charge on any atom is -0.372 e. The molecule has 1 unspecified atom stereocenters. The SMILES string of the molecule is CSCCC(C)N(C)c1ccccc1CBr. The molecule has 1 rings (SSSR count). The molecule has 0 heterocycles. The predicted octanol–water partition coefficient (Wildman–Crippen LogP) is 4.16. The fraction of sp³-hybridized carbons (Fsp3) is 0.538. The van der Waals surface area contributed by atoms with Gasteiger partial charge in [0.1, 0.15) is 0 Å². The molecule has 1 atom stereocenters. The van der Waals surface area contributed by atoms with Crippen LogP contribution in [0.1, 0.15) is 18.9 Å². The molecule has 0 aliphatic heterocycles. The molecule has 0 aliphatic rings. The van der Waals surface area contributed by atoms with E-state index in [1.165, 1.54) is 23.4 Å². The number of nitrogens with zero attached hydrogens (tertiary/aromatic N) is 1. The maximum absolute atomic E-state index is 3.55. The Hall–Kier alpha value is -0.150. The lowest BCUT2D eigenvalue weighted by atomic mass is 10.1. The summed E-state index contributed by atoms with van der Waals surface area (Å²) in [6.07, 6.45) is 3.40. The fourth-order valence-corrected chi connectivity index (χ4v) is 2.74. The minimum atomic E-state index is 0.590. The molecule has 0 aromatic heterocycles. The highest BCUT2D eigenvalue weighted by atomic mass is 79.9. The van der Waals surface area contributed by atoms with Crippen LogP contribution in [0.25, 0.3) is 0 Å². The molecule has 90 valence electrons. The summed E-state index contributed by atoms with van der Waals surface area (Å²) in [5, 5.41) is 0.919. The largest absolute Gasteiger partial charge is 0.372 e. The second kappa shape index (κ2) is 7.23. The van der Waals surface area contributed by atoms with E-state index in [0.717, 1.165) is 5.33 Å². The molecule has 0 N–H and O–H groups in total. The number of benzene rings is 1. The number of halogens is 1. The van der Waals surface area contributed by atoms with Gasteiger partial charge < -0.3 is 4.90 Å². The summed E-state index contributed by atoms with van der Waals surface area (Å²) in [5.41, 5.74) is 2.70. The molecule has 0 saturated carbocycles. The lowest BCUT2D eigenvalue weighted by Gasteiger charge is -2.28. The second-order valence-corrected chi connectivity index (χ2v) is 5.55. The van der Waals surface area contributed by atoms with E-state index >= 15 is 0 Å². The maximum atomic E-state index is 3.55. The molecule has 0 spiro atoms. The molecular weight excluding hydrogens is 282 g/mol. The summed E-state index contributed by atoms with van der Waals surface area (Å²) >= 11 is 5.46. The van der Waals surface area contributed by atoms with Gasteiger partial charge in [-0.3, -0.25) is 0 Å². The summed E-state index contributed by atoms with van der Waals surface area (Å²) < 4.78 is 0. The van der Waals surface area contributed by atoms with Crippen LogP contribution in [0.2, 0.25) is 0 Å². The zero-order valence-electron chi connectivity index (χ0n) is 10.2. The third-order valence-electron chi connectivity index (χ3n) is 2.92. The summed E-state index contributed by atoms with van der Waals surface area (Å²) in [5.74, 6) is 1.22. The van der Waals surface area contributed by atoms with Crippen molar-refractivity contribution in [2.75, 3.05) is 24.0 Å². The van der Waals surface area contributed by atoms with Crippen LogP contribution in [0.3, 0.4) is 0 Å². The lowest BCUT2D eigenvalue weighted by Crippen LogP contribution is -2.30. The van der Waals surface area contributed by atoms with E-state index in [4.69, 9.17) is 0 Å². The molecule has 1 nitrogen and oxygen atoms in total. The van der Waals surface area contributed by atoms with E-state index in [-0.39, 0.29) is 0 Å². The minimum absolute atomic E-state index is 0.590. The van der Waals surface area contributed by atoms with Gasteiger partial charge in [-0.25, -0.2) is 0 Å². The van der Waals surface area contributed by atoms with E-state index in [2.05, 4.69) is 65.3 Å². The molecule has 0 aliphatic carbocycles. The number of anilines is 1. The Morgan fingerprint density at radius 3 is 2.69 bits per heavy atom. The third kappa shape index (κ3) is 3.70. The summed E-state index contributed by atoms with van der Waals surface area (Å²) in [6, 6.07) is 9.18. The van der Waals surface area contributed by atoms with E-state index in [1.54, 1.807) is 0 Å². The van der Waals surface area contributed by atoms with Crippen LogP contribution < -0.4 is 4.90 Å². The van der Waals surface area contributed by atoms with Crippen LogP contribution in [0, 0.1) is 0 Å². The van der Waals surface area contributed by atoms with Crippen molar-refractivity contribution in [2.45, 2.75) is 24.7 Å². The Balaban J connectivity index is 2.74. The van der Waals surface area contributed by atoms with E-state index in [1.807, 2.05) is 11.8 Å². The van der Waals surface area contributed by atoms with Crippen LogP contribution in [0.5, 0.6) is 0 Å². The van der Waals surface area contributed by atoms with Crippen LogP contribution in [-0.4, -0.2) is 25.1 Å². The van der Waals surface area contributed by atoms with Gasteiger partial charge in [-0.15, -0.1) is 0 Å². The Morgan fingerprint density at radius 2 is 2.06 bits per heavy atom. The molecule has 0 radical (unpaired) electrons. The first-order chi connectivity index (χ1) is 7.70. The van der Waals surface area contributed by atoms with Gasteiger partial charge in [0, 0.05) is 24.1 Å². The Kier molecular flexibility index (Phi) is 6.29. The topological polar surface area (TPSA) is 3.24 Å². The second-order valence-electron chi connectivity index (χ2n) is 4.00. The van der Waals surface area contributed by atoms with Crippen molar-refractivity contribution in [1.82, 2.24) is 0 Å². The predicted molar refractivity (Wildman–Crippen MR) is 79.9 cm³/mol. The van der Waals surface area contributed by atoms with Crippen LogP contribution in [0.4, 0.5) is 5.69 Å². The monoisotopic (exact) mass is 301 g/mol. The quantitative estimate of drug-likeness (QED) is 0.726. The molecular formula is C13H20BrNS. The van der Waals surface area contributed by atoms with E-state index < -0.39 is 0 Å². The van der Waals surface area contributed by atoms with Gasteiger partial charge in [-0.05, 0) is 37.0 Å². The zero-order chi connectivity index (χ0) is 12.0. The molecule has 0 fully saturated rings. The first kappa shape index (κ1) is 13.9. The highest BCUT2D eigenvalue weighted by molar-refractivity contribution is 9.08. The normalized spacial score (nSPS) is 12.5. The van der Waals surface area contributed by atoms with Crippen molar-refractivity contribution in [1.29, 1.82) is 0 Å². The van der Waals surface area contributed by atoms with Crippen LogP contribution in [-0.2, 0) is 5.33 Å². The van der Waals surface area contributed by atoms with Gasteiger partial charge in [0.05, 0.1) is 0 Å². The number of hydrogen-bond acceptors (Lipinski definition) is 2. The van der Waals surface area contributed by atoms with Gasteiger partial charge in [0.25, 0.3) is 0 Å². The number of rotatable bonds is 6. The molecule has 1 aromatic carbocycles. The first-order valence-corrected chi connectivity index (χ1v) is 8.08. The van der Waals surface area contributed by atoms with Crippen molar-refractivity contribution >= 4 is 33.4 Å². The van der Waals surface area contributed by atoms with Crippen molar-refractivity contribution in [2.24, 2.45) is 0 Å². The Morgan fingerprint density at radius 1 is 1.38 bits per heavy atom. The van der Waals surface area contributed by atoms with Gasteiger partial charge in [0.15, 0.2) is 0 Å². The van der Waals surface area contributed by atoms with Gasteiger partial charge in [-0.2, -0.15) is 11.8 Å². The van der Waals surface area contributed by atoms with E-state index in [9.17, 15) is 0 Å². The summed E-state index contributed by atoms with van der Waals surface area (Å²) in [7, 11) is 2.19. The molecule has 1 aromatic rings. The van der Waals surface area contributed by atoms with Crippen LogP contribution >= 0.6 is 27.7 Å². The average Bonchev–Trinajstić information content (AvgIpc) is 2.34. The van der Waals surface area contributed by atoms with Gasteiger partial charge in [-0.1, -0.05) is 34.1 Å². The highest BCUT2D eigenvalue weighted by Crippen LogP contribution is 2.24. The smallest absolute Gasteiger partial charge is 0.0407 e. The van der Waals surface area contributed by atoms with Crippen molar-refractivity contribution in [3.8, 4) is 0 Å². The Bertz CT molecular complexity index is 317. The first-order valence-electron chi connectivity index (χ1n) is 5.56. The summed E-state index contributed by atoms with van der Waals surface area (Å²) in [6.45, 7) is 2.29. The van der Waals surface area contributed by atoms with Gasteiger partial charge in [0.2, 0.25) is 0 Å². The Labute approximate surface area is 112 Å². The molecule has 0 bridgehead atoms. The lowest BCUT2D eigenvalue weighted by molar-refractivity contribution is 0.668. The van der Waals surface area contributed by atoms with Gasteiger partial charge >= 0.3 is 0 Å². The molecule has 16 heavy (non-hydrogen) atoms. The number of hydrogen-bond donors (Lipinski definition) is 0. The average molecular weight is 302 g/mol.